The summed E-state index contributed by atoms with van der Waals surface area (Å²) >= 11 is 0. The van der Waals surface area contributed by atoms with Crippen molar-refractivity contribution in [3.63, 3.8) is 0 Å². The molecule has 0 bridgehead atoms. The van der Waals surface area contributed by atoms with Crippen LogP contribution in [0, 0.1) is 13.8 Å². The maximum Gasteiger partial charge on any atom is 0.176 e. The summed E-state index contributed by atoms with van der Waals surface area (Å²) in [5, 5.41) is 16.1. The predicted molar refractivity (Wildman–Crippen MR) is 82.4 cm³/mol. The van der Waals surface area contributed by atoms with Crippen molar-refractivity contribution >= 4 is 5.82 Å². The molecule has 0 spiro atoms. The van der Waals surface area contributed by atoms with Gasteiger partial charge < -0.3 is 5.32 Å². The highest BCUT2D eigenvalue weighted by Crippen LogP contribution is 2.11. The zero-order valence-electron chi connectivity index (χ0n) is 12.1. The van der Waals surface area contributed by atoms with E-state index < -0.39 is 0 Å². The predicted octanol–water partition coefficient (Wildman–Crippen LogP) is 2.89. The SMILES string of the molecule is Cc1cc(C)n(-c2ccc(NCc3ccccc3)nn2)n1. The number of benzene rings is 1. The van der Waals surface area contributed by atoms with Crippen LogP contribution in [-0.4, -0.2) is 20.0 Å². The van der Waals surface area contributed by atoms with Gasteiger partial charge in [-0.05, 0) is 37.6 Å². The number of hydrogen-bond acceptors (Lipinski definition) is 4. The van der Waals surface area contributed by atoms with Crippen LogP contribution in [0.4, 0.5) is 5.82 Å². The second-order valence-corrected chi connectivity index (χ2v) is 4.95. The Morgan fingerprint density at radius 1 is 1.00 bits per heavy atom. The third-order valence-electron chi connectivity index (χ3n) is 3.19. The van der Waals surface area contributed by atoms with E-state index in [0.717, 1.165) is 29.6 Å². The number of nitrogens with one attached hydrogen (secondary N) is 1. The molecule has 2 heterocycles. The van der Waals surface area contributed by atoms with E-state index in [1.807, 2.05) is 50.2 Å². The summed E-state index contributed by atoms with van der Waals surface area (Å²) in [6.45, 7) is 4.70. The highest BCUT2D eigenvalue weighted by Gasteiger charge is 2.05. The molecule has 21 heavy (non-hydrogen) atoms. The van der Waals surface area contributed by atoms with Crippen LogP contribution in [-0.2, 0) is 6.54 Å². The van der Waals surface area contributed by atoms with E-state index in [1.54, 1.807) is 4.68 Å². The quantitative estimate of drug-likeness (QED) is 0.798. The molecule has 3 rings (SSSR count). The van der Waals surface area contributed by atoms with Crippen molar-refractivity contribution < 1.29 is 0 Å². The summed E-state index contributed by atoms with van der Waals surface area (Å²) < 4.78 is 1.79. The molecule has 1 aromatic carbocycles. The topological polar surface area (TPSA) is 55.6 Å². The molecule has 2 aromatic heterocycles. The molecular weight excluding hydrogens is 262 g/mol. The molecule has 5 nitrogen and oxygen atoms in total. The average molecular weight is 279 g/mol. The standard InChI is InChI=1S/C16H17N5/c1-12-10-13(2)21(20-12)16-9-8-15(18-19-16)17-11-14-6-4-3-5-7-14/h3-10H,11H2,1-2H3,(H,17,18). The van der Waals surface area contributed by atoms with E-state index >= 15 is 0 Å². The summed E-state index contributed by atoms with van der Waals surface area (Å²) in [6.07, 6.45) is 0. The third-order valence-corrected chi connectivity index (χ3v) is 3.19. The fourth-order valence-electron chi connectivity index (χ4n) is 2.18. The molecule has 3 aromatic rings. The Labute approximate surface area is 123 Å². The van der Waals surface area contributed by atoms with Gasteiger partial charge >= 0.3 is 0 Å². The van der Waals surface area contributed by atoms with Gasteiger partial charge in [0.15, 0.2) is 5.82 Å². The van der Waals surface area contributed by atoms with Crippen LogP contribution in [0.1, 0.15) is 17.0 Å². The largest absolute Gasteiger partial charge is 0.365 e. The van der Waals surface area contributed by atoms with Crippen LogP contribution >= 0.6 is 0 Å². The Balaban J connectivity index is 1.71. The van der Waals surface area contributed by atoms with Gasteiger partial charge in [0.25, 0.3) is 0 Å². The Hall–Kier alpha value is -2.69. The minimum absolute atomic E-state index is 0.728. The van der Waals surface area contributed by atoms with E-state index in [-0.39, 0.29) is 0 Å². The summed E-state index contributed by atoms with van der Waals surface area (Å²) in [5.74, 6) is 1.48. The molecule has 5 heteroatoms. The van der Waals surface area contributed by atoms with Gasteiger partial charge in [0.1, 0.15) is 5.82 Å². The van der Waals surface area contributed by atoms with E-state index in [2.05, 4.69) is 32.7 Å². The molecule has 0 atom stereocenters. The minimum atomic E-state index is 0.728. The van der Waals surface area contributed by atoms with Crippen molar-refractivity contribution in [1.29, 1.82) is 0 Å². The van der Waals surface area contributed by atoms with Crippen molar-refractivity contribution in [1.82, 2.24) is 20.0 Å². The molecule has 0 amide bonds. The monoisotopic (exact) mass is 279 g/mol. The molecule has 1 N–H and O–H groups in total. The lowest BCUT2D eigenvalue weighted by atomic mass is 10.2. The van der Waals surface area contributed by atoms with Gasteiger partial charge in [-0.25, -0.2) is 4.68 Å². The first kappa shape index (κ1) is 13.3. The minimum Gasteiger partial charge on any atom is -0.365 e. The fraction of sp³-hybridized carbons (Fsp3) is 0.188. The third kappa shape index (κ3) is 3.08. The molecule has 0 aliphatic heterocycles. The number of hydrogen-bond donors (Lipinski definition) is 1. The van der Waals surface area contributed by atoms with Crippen LogP contribution in [0.2, 0.25) is 0 Å². The van der Waals surface area contributed by atoms with Gasteiger partial charge in [0.05, 0.1) is 5.69 Å². The second kappa shape index (κ2) is 5.75. The molecule has 0 saturated heterocycles. The number of aryl methyl sites for hydroxylation is 2. The number of rotatable bonds is 4. The molecule has 0 radical (unpaired) electrons. The maximum atomic E-state index is 4.40. The lowest BCUT2D eigenvalue weighted by molar-refractivity contribution is 0.781. The Morgan fingerprint density at radius 3 is 2.43 bits per heavy atom. The number of aromatic nitrogens is 4. The van der Waals surface area contributed by atoms with Crippen molar-refractivity contribution in [2.24, 2.45) is 0 Å². The van der Waals surface area contributed by atoms with Crippen molar-refractivity contribution in [2.75, 3.05) is 5.32 Å². The fourth-order valence-corrected chi connectivity index (χ4v) is 2.18. The molecule has 0 unspecified atom stereocenters. The zero-order valence-corrected chi connectivity index (χ0v) is 12.1. The van der Waals surface area contributed by atoms with Crippen LogP contribution < -0.4 is 5.32 Å². The van der Waals surface area contributed by atoms with E-state index in [0.29, 0.717) is 0 Å². The van der Waals surface area contributed by atoms with Crippen LogP contribution in [0.3, 0.4) is 0 Å². The highest BCUT2D eigenvalue weighted by atomic mass is 15.4. The smallest absolute Gasteiger partial charge is 0.176 e. The summed E-state index contributed by atoms with van der Waals surface area (Å²) in [6, 6.07) is 16.1. The lowest BCUT2D eigenvalue weighted by Gasteiger charge is -2.06. The Kier molecular flexibility index (Phi) is 3.64. The van der Waals surface area contributed by atoms with Gasteiger partial charge in [-0.2, -0.15) is 5.10 Å². The molecule has 0 aliphatic carbocycles. The molecular formula is C16H17N5. The first-order chi connectivity index (χ1) is 10.2. The summed E-state index contributed by atoms with van der Waals surface area (Å²) in [4.78, 5) is 0. The van der Waals surface area contributed by atoms with Crippen LogP contribution in [0.15, 0.2) is 48.5 Å². The van der Waals surface area contributed by atoms with Gasteiger partial charge in [0, 0.05) is 12.2 Å². The van der Waals surface area contributed by atoms with Gasteiger partial charge in [-0.1, -0.05) is 30.3 Å². The molecule has 0 aliphatic rings. The van der Waals surface area contributed by atoms with Crippen molar-refractivity contribution in [3.05, 3.63) is 65.5 Å². The van der Waals surface area contributed by atoms with Crippen molar-refractivity contribution in [2.45, 2.75) is 20.4 Å². The Bertz CT molecular complexity index is 716. The average Bonchev–Trinajstić information content (AvgIpc) is 2.85. The Morgan fingerprint density at radius 2 is 1.81 bits per heavy atom. The first-order valence-corrected chi connectivity index (χ1v) is 6.87. The molecule has 0 saturated carbocycles. The second-order valence-electron chi connectivity index (χ2n) is 4.95. The highest BCUT2D eigenvalue weighted by molar-refractivity contribution is 5.37. The van der Waals surface area contributed by atoms with Gasteiger partial charge in [-0.15, -0.1) is 10.2 Å². The van der Waals surface area contributed by atoms with Crippen LogP contribution in [0.25, 0.3) is 5.82 Å². The zero-order chi connectivity index (χ0) is 14.7. The molecule has 106 valence electrons. The normalized spacial score (nSPS) is 10.6. The first-order valence-electron chi connectivity index (χ1n) is 6.87. The summed E-state index contributed by atoms with van der Waals surface area (Å²) in [7, 11) is 0. The maximum absolute atomic E-state index is 4.40. The van der Waals surface area contributed by atoms with Crippen molar-refractivity contribution in [3.8, 4) is 5.82 Å². The summed E-state index contributed by atoms with van der Waals surface area (Å²) in [5.41, 5.74) is 3.23. The van der Waals surface area contributed by atoms with Crippen LogP contribution in [0.5, 0.6) is 0 Å². The van der Waals surface area contributed by atoms with Gasteiger partial charge in [-0.3, -0.25) is 0 Å². The number of nitrogens with zero attached hydrogens (tertiary/aromatic N) is 4. The van der Waals surface area contributed by atoms with E-state index in [9.17, 15) is 0 Å². The lowest BCUT2D eigenvalue weighted by Crippen LogP contribution is -2.06. The van der Waals surface area contributed by atoms with E-state index in [1.165, 1.54) is 5.56 Å². The molecule has 0 fully saturated rings. The van der Waals surface area contributed by atoms with Gasteiger partial charge in [0.2, 0.25) is 0 Å². The number of anilines is 1. The van der Waals surface area contributed by atoms with E-state index in [4.69, 9.17) is 0 Å².